The number of carboxylic acid groups (broad SMARTS) is 1. The van der Waals surface area contributed by atoms with Crippen molar-refractivity contribution in [1.29, 1.82) is 0 Å². The number of esters is 1. The standard InChI is InChI=1S/C11H10FNO4/c1-17-11(16)8-5-7(6-13-10(8)12)3-2-4-9(14)15/h2-3,5-6H,4H2,1H3,(H,14,15). The van der Waals surface area contributed by atoms with Gasteiger partial charge in [-0.25, -0.2) is 9.78 Å². The van der Waals surface area contributed by atoms with Gasteiger partial charge < -0.3 is 9.84 Å². The van der Waals surface area contributed by atoms with Crippen molar-refractivity contribution in [3.05, 3.63) is 35.4 Å². The van der Waals surface area contributed by atoms with Crippen molar-refractivity contribution in [2.45, 2.75) is 6.42 Å². The lowest BCUT2D eigenvalue weighted by atomic mass is 10.2. The molecule has 17 heavy (non-hydrogen) atoms. The summed E-state index contributed by atoms with van der Waals surface area (Å²) in [5, 5.41) is 8.42. The predicted molar refractivity (Wildman–Crippen MR) is 56.8 cm³/mol. The van der Waals surface area contributed by atoms with E-state index in [-0.39, 0.29) is 12.0 Å². The molecule has 1 rings (SSSR count). The van der Waals surface area contributed by atoms with Crippen molar-refractivity contribution >= 4 is 18.0 Å². The van der Waals surface area contributed by atoms with Crippen LogP contribution in [0, 0.1) is 5.95 Å². The molecule has 0 radical (unpaired) electrons. The number of carbonyl (C=O) groups excluding carboxylic acids is 1. The summed E-state index contributed by atoms with van der Waals surface area (Å²) < 4.78 is 17.5. The van der Waals surface area contributed by atoms with Crippen molar-refractivity contribution in [3.8, 4) is 0 Å². The van der Waals surface area contributed by atoms with E-state index >= 15 is 0 Å². The molecule has 0 saturated heterocycles. The lowest BCUT2D eigenvalue weighted by molar-refractivity contribution is -0.135. The van der Waals surface area contributed by atoms with Gasteiger partial charge in [-0.3, -0.25) is 4.79 Å². The molecular weight excluding hydrogens is 229 g/mol. The third kappa shape index (κ3) is 3.67. The molecule has 1 aromatic heterocycles. The molecule has 0 aliphatic rings. The van der Waals surface area contributed by atoms with Gasteiger partial charge in [-0.2, -0.15) is 4.39 Å². The lowest BCUT2D eigenvalue weighted by Crippen LogP contribution is -2.06. The fourth-order valence-corrected chi connectivity index (χ4v) is 1.10. The van der Waals surface area contributed by atoms with Crippen LogP contribution in [-0.2, 0) is 9.53 Å². The lowest BCUT2D eigenvalue weighted by Gasteiger charge is -2.01. The first-order valence-corrected chi connectivity index (χ1v) is 4.66. The highest BCUT2D eigenvalue weighted by atomic mass is 19.1. The van der Waals surface area contributed by atoms with E-state index in [0.29, 0.717) is 5.56 Å². The third-order valence-electron chi connectivity index (χ3n) is 1.87. The van der Waals surface area contributed by atoms with Crippen molar-refractivity contribution in [1.82, 2.24) is 4.98 Å². The maximum Gasteiger partial charge on any atom is 0.342 e. The van der Waals surface area contributed by atoms with E-state index in [1.54, 1.807) is 0 Å². The van der Waals surface area contributed by atoms with Crippen molar-refractivity contribution < 1.29 is 23.8 Å². The summed E-state index contributed by atoms with van der Waals surface area (Å²) >= 11 is 0. The van der Waals surface area contributed by atoms with E-state index in [4.69, 9.17) is 5.11 Å². The molecule has 0 aromatic carbocycles. The van der Waals surface area contributed by atoms with Crippen molar-refractivity contribution in [3.63, 3.8) is 0 Å². The van der Waals surface area contributed by atoms with Crippen LogP contribution in [0.2, 0.25) is 0 Å². The number of carbonyl (C=O) groups is 2. The number of hydrogen-bond donors (Lipinski definition) is 1. The van der Waals surface area contributed by atoms with Gasteiger partial charge in [0.15, 0.2) is 0 Å². The fourth-order valence-electron chi connectivity index (χ4n) is 1.10. The molecule has 0 spiro atoms. The second kappa shape index (κ2) is 5.74. The van der Waals surface area contributed by atoms with Crippen LogP contribution < -0.4 is 0 Å². The summed E-state index contributed by atoms with van der Waals surface area (Å²) in [6, 6.07) is 1.24. The number of halogens is 1. The Morgan fingerprint density at radius 2 is 2.29 bits per heavy atom. The molecule has 0 fully saturated rings. The molecule has 0 aliphatic heterocycles. The molecule has 6 heteroatoms. The minimum atomic E-state index is -0.982. The number of nitrogens with zero attached hydrogens (tertiary/aromatic N) is 1. The molecule has 1 N–H and O–H groups in total. The Bertz CT molecular complexity index is 471. The van der Waals surface area contributed by atoms with Crippen LogP contribution in [0.1, 0.15) is 22.3 Å². The summed E-state index contributed by atoms with van der Waals surface area (Å²) in [5.74, 6) is -2.74. The highest BCUT2D eigenvalue weighted by molar-refractivity contribution is 5.89. The number of hydrogen-bond acceptors (Lipinski definition) is 4. The summed E-state index contributed by atoms with van der Waals surface area (Å²) in [5.41, 5.74) is 0.137. The van der Waals surface area contributed by atoms with Gasteiger partial charge in [0, 0.05) is 6.20 Å². The quantitative estimate of drug-likeness (QED) is 0.636. The Hall–Kier alpha value is -2.24. The van der Waals surface area contributed by atoms with Gasteiger partial charge in [0.1, 0.15) is 5.56 Å². The van der Waals surface area contributed by atoms with Crippen LogP contribution in [0.4, 0.5) is 4.39 Å². The fraction of sp³-hybridized carbons (Fsp3) is 0.182. The van der Waals surface area contributed by atoms with Gasteiger partial charge in [-0.15, -0.1) is 0 Å². The molecule has 1 aromatic rings. The molecule has 90 valence electrons. The second-order valence-electron chi connectivity index (χ2n) is 3.10. The van der Waals surface area contributed by atoms with Gasteiger partial charge >= 0.3 is 11.9 Å². The summed E-state index contributed by atoms with van der Waals surface area (Å²) in [6.45, 7) is 0. The third-order valence-corrected chi connectivity index (χ3v) is 1.87. The Balaban J connectivity index is 2.92. The monoisotopic (exact) mass is 239 g/mol. The Morgan fingerprint density at radius 3 is 2.88 bits per heavy atom. The molecule has 0 atom stereocenters. The average molecular weight is 239 g/mol. The zero-order valence-electron chi connectivity index (χ0n) is 9.01. The highest BCUT2D eigenvalue weighted by Crippen LogP contribution is 2.10. The van der Waals surface area contributed by atoms with Crippen LogP contribution in [-0.4, -0.2) is 29.1 Å². The molecule has 0 saturated carbocycles. The number of ether oxygens (including phenoxy) is 1. The first-order chi connectivity index (χ1) is 8.04. The smallest absolute Gasteiger partial charge is 0.342 e. The normalized spacial score (nSPS) is 10.5. The topological polar surface area (TPSA) is 76.5 Å². The number of aliphatic carboxylic acids is 1. The van der Waals surface area contributed by atoms with Crippen LogP contribution >= 0.6 is 0 Å². The highest BCUT2D eigenvalue weighted by Gasteiger charge is 2.13. The molecule has 0 unspecified atom stereocenters. The molecule has 0 aliphatic carbocycles. The molecular formula is C11H10FNO4. The van der Waals surface area contributed by atoms with Gasteiger partial charge in [-0.05, 0) is 11.6 Å². The minimum absolute atomic E-state index is 0.162. The van der Waals surface area contributed by atoms with Crippen LogP contribution in [0.5, 0.6) is 0 Å². The number of rotatable bonds is 4. The molecule has 1 heterocycles. The average Bonchev–Trinajstić information content (AvgIpc) is 2.30. The minimum Gasteiger partial charge on any atom is -0.481 e. The SMILES string of the molecule is COC(=O)c1cc(C=CCC(=O)O)cnc1F. The van der Waals surface area contributed by atoms with Gasteiger partial charge in [-0.1, -0.05) is 12.2 Å². The van der Waals surface area contributed by atoms with E-state index in [0.717, 1.165) is 7.11 Å². The summed E-state index contributed by atoms with van der Waals surface area (Å²) in [6.07, 6.45) is 3.84. The maximum atomic E-state index is 13.1. The number of methoxy groups -OCH3 is 1. The van der Waals surface area contributed by atoms with Gasteiger partial charge in [0.25, 0.3) is 0 Å². The predicted octanol–water partition coefficient (Wildman–Crippen LogP) is 1.50. The van der Waals surface area contributed by atoms with E-state index < -0.39 is 17.9 Å². The van der Waals surface area contributed by atoms with E-state index in [1.165, 1.54) is 24.4 Å². The Kier molecular flexibility index (Phi) is 4.33. The van der Waals surface area contributed by atoms with E-state index in [1.807, 2.05) is 0 Å². The largest absolute Gasteiger partial charge is 0.481 e. The number of carboxylic acids is 1. The zero-order chi connectivity index (χ0) is 12.8. The zero-order valence-corrected chi connectivity index (χ0v) is 9.01. The maximum absolute atomic E-state index is 13.1. The van der Waals surface area contributed by atoms with Crippen LogP contribution in [0.3, 0.4) is 0 Å². The molecule has 0 bridgehead atoms. The van der Waals surface area contributed by atoms with Gasteiger partial charge in [0.05, 0.1) is 13.5 Å². The van der Waals surface area contributed by atoms with E-state index in [9.17, 15) is 14.0 Å². The summed E-state index contributed by atoms with van der Waals surface area (Å²) in [4.78, 5) is 24.8. The van der Waals surface area contributed by atoms with Crippen molar-refractivity contribution in [2.24, 2.45) is 0 Å². The van der Waals surface area contributed by atoms with Crippen molar-refractivity contribution in [2.75, 3.05) is 7.11 Å². The van der Waals surface area contributed by atoms with Crippen LogP contribution in [0.25, 0.3) is 6.08 Å². The Morgan fingerprint density at radius 1 is 1.59 bits per heavy atom. The molecule has 5 nitrogen and oxygen atoms in total. The first kappa shape index (κ1) is 12.8. The molecule has 0 amide bonds. The number of pyridine rings is 1. The van der Waals surface area contributed by atoms with Gasteiger partial charge in [0.2, 0.25) is 5.95 Å². The first-order valence-electron chi connectivity index (χ1n) is 4.66. The van der Waals surface area contributed by atoms with Crippen LogP contribution in [0.15, 0.2) is 18.3 Å². The Labute approximate surface area is 96.5 Å². The second-order valence-corrected chi connectivity index (χ2v) is 3.10. The number of aromatic nitrogens is 1. The summed E-state index contributed by atoms with van der Waals surface area (Å²) in [7, 11) is 1.13. The van der Waals surface area contributed by atoms with E-state index in [2.05, 4.69) is 9.72 Å².